The molecule has 0 spiro atoms. The van der Waals surface area contributed by atoms with Crippen molar-refractivity contribution in [3.63, 3.8) is 0 Å². The summed E-state index contributed by atoms with van der Waals surface area (Å²) in [5.74, 6) is 0. The maximum absolute atomic E-state index is 8.64. The second-order valence-corrected chi connectivity index (χ2v) is 2.72. The van der Waals surface area contributed by atoms with E-state index in [4.69, 9.17) is 16.9 Å². The van der Waals surface area contributed by atoms with Gasteiger partial charge in [-0.15, -0.1) is 0 Å². The van der Waals surface area contributed by atoms with Crippen molar-refractivity contribution in [2.45, 2.75) is 0 Å². The van der Waals surface area contributed by atoms with Crippen molar-refractivity contribution in [1.29, 1.82) is 5.26 Å². The molecule has 0 bridgehead atoms. The smallest absolute Gasteiger partial charge is 0.108 e. The number of nitrogens with zero attached hydrogens (tertiary/aromatic N) is 2. The van der Waals surface area contributed by atoms with Gasteiger partial charge in [-0.25, -0.2) is 4.98 Å². The molecule has 1 aromatic heterocycles. The number of benzene rings is 1. The first-order chi connectivity index (χ1) is 5.83. The van der Waals surface area contributed by atoms with Gasteiger partial charge in [0, 0.05) is 0 Å². The number of nitriles is 1. The highest BCUT2D eigenvalue weighted by atomic mass is 35.5. The highest BCUT2D eigenvalue weighted by Crippen LogP contribution is 2.23. The van der Waals surface area contributed by atoms with Gasteiger partial charge in [-0.1, -0.05) is 11.6 Å². The second kappa shape index (κ2) is 2.50. The van der Waals surface area contributed by atoms with E-state index in [1.54, 1.807) is 18.5 Å². The van der Waals surface area contributed by atoms with Gasteiger partial charge in [0.15, 0.2) is 0 Å². The standard InChI is InChI=1S/C8H4ClN3/c9-7-5(3-10)1-2-6-8(7)12-4-11-6/h1-2,4H,(H,11,12). The summed E-state index contributed by atoms with van der Waals surface area (Å²) in [5, 5.41) is 9.06. The number of aromatic amines is 1. The molecule has 2 aromatic rings. The summed E-state index contributed by atoms with van der Waals surface area (Å²) in [7, 11) is 0. The summed E-state index contributed by atoms with van der Waals surface area (Å²) in [5.41, 5.74) is 1.95. The van der Waals surface area contributed by atoms with E-state index in [0.29, 0.717) is 16.1 Å². The molecule has 0 aliphatic carbocycles. The quantitative estimate of drug-likeness (QED) is 0.670. The molecule has 0 fully saturated rings. The van der Waals surface area contributed by atoms with Crippen molar-refractivity contribution in [2.24, 2.45) is 0 Å². The van der Waals surface area contributed by atoms with Crippen molar-refractivity contribution in [2.75, 3.05) is 0 Å². The van der Waals surface area contributed by atoms with Crippen molar-refractivity contribution < 1.29 is 0 Å². The summed E-state index contributed by atoms with van der Waals surface area (Å²) < 4.78 is 0. The molecule has 1 N–H and O–H groups in total. The first-order valence-electron chi connectivity index (χ1n) is 3.34. The Kier molecular flexibility index (Phi) is 1.49. The Hall–Kier alpha value is -1.53. The lowest BCUT2D eigenvalue weighted by Crippen LogP contribution is -1.78. The van der Waals surface area contributed by atoms with E-state index in [1.165, 1.54) is 0 Å². The third-order valence-electron chi connectivity index (χ3n) is 1.65. The normalized spacial score (nSPS) is 10.0. The summed E-state index contributed by atoms with van der Waals surface area (Å²) >= 11 is 5.88. The van der Waals surface area contributed by atoms with Crippen LogP contribution in [0.5, 0.6) is 0 Å². The maximum atomic E-state index is 8.64. The van der Waals surface area contributed by atoms with E-state index in [1.807, 2.05) is 6.07 Å². The van der Waals surface area contributed by atoms with Crippen LogP contribution in [0.25, 0.3) is 11.0 Å². The van der Waals surface area contributed by atoms with E-state index in [-0.39, 0.29) is 0 Å². The molecule has 1 aromatic carbocycles. The average Bonchev–Trinajstić information content (AvgIpc) is 2.53. The Morgan fingerprint density at radius 1 is 1.50 bits per heavy atom. The number of H-pyrrole nitrogens is 1. The Morgan fingerprint density at radius 3 is 3.08 bits per heavy atom. The zero-order valence-corrected chi connectivity index (χ0v) is 6.76. The van der Waals surface area contributed by atoms with Crippen molar-refractivity contribution >= 4 is 22.6 Å². The fraction of sp³-hybridized carbons (Fsp3) is 0. The van der Waals surface area contributed by atoms with E-state index in [9.17, 15) is 0 Å². The number of nitrogens with one attached hydrogen (secondary N) is 1. The molecule has 0 saturated heterocycles. The Balaban J connectivity index is 2.89. The molecule has 2 rings (SSSR count). The first kappa shape index (κ1) is 7.14. The van der Waals surface area contributed by atoms with Gasteiger partial charge in [-0.2, -0.15) is 5.26 Å². The number of hydrogen-bond acceptors (Lipinski definition) is 2. The SMILES string of the molecule is N#Cc1ccc2[nH]cnc2c1Cl. The minimum Gasteiger partial charge on any atom is -0.345 e. The number of fused-ring (bicyclic) bond motifs is 1. The van der Waals surface area contributed by atoms with Crippen LogP contribution in [0.2, 0.25) is 5.02 Å². The number of hydrogen-bond donors (Lipinski definition) is 1. The Bertz CT molecular complexity index is 467. The van der Waals surface area contributed by atoms with E-state index in [0.717, 1.165) is 5.52 Å². The molecule has 1 heterocycles. The predicted octanol–water partition coefficient (Wildman–Crippen LogP) is 2.09. The molecule has 0 amide bonds. The number of aromatic nitrogens is 2. The molecule has 0 radical (unpaired) electrons. The molecule has 0 aliphatic heterocycles. The highest BCUT2D eigenvalue weighted by Gasteiger charge is 2.05. The van der Waals surface area contributed by atoms with Crippen LogP contribution in [-0.2, 0) is 0 Å². The summed E-state index contributed by atoms with van der Waals surface area (Å²) in [6.07, 6.45) is 1.55. The lowest BCUT2D eigenvalue weighted by Gasteiger charge is -1.93. The van der Waals surface area contributed by atoms with Crippen molar-refractivity contribution in [3.8, 4) is 6.07 Å². The van der Waals surface area contributed by atoms with Gasteiger partial charge in [0.1, 0.15) is 11.6 Å². The van der Waals surface area contributed by atoms with Crippen LogP contribution in [-0.4, -0.2) is 9.97 Å². The van der Waals surface area contributed by atoms with Crippen LogP contribution in [0.15, 0.2) is 18.5 Å². The Labute approximate surface area is 73.6 Å². The maximum Gasteiger partial charge on any atom is 0.108 e. The molecule has 0 saturated carbocycles. The van der Waals surface area contributed by atoms with Crippen LogP contribution in [0.3, 0.4) is 0 Å². The van der Waals surface area contributed by atoms with Gasteiger partial charge in [-0.3, -0.25) is 0 Å². The zero-order valence-electron chi connectivity index (χ0n) is 6.00. The lowest BCUT2D eigenvalue weighted by molar-refractivity contribution is 1.34. The third-order valence-corrected chi connectivity index (χ3v) is 2.03. The van der Waals surface area contributed by atoms with Gasteiger partial charge in [0.2, 0.25) is 0 Å². The van der Waals surface area contributed by atoms with Crippen molar-refractivity contribution in [3.05, 3.63) is 29.0 Å². The van der Waals surface area contributed by atoms with Gasteiger partial charge >= 0.3 is 0 Å². The third kappa shape index (κ3) is 0.858. The molecule has 4 heteroatoms. The Morgan fingerprint density at radius 2 is 2.33 bits per heavy atom. The lowest BCUT2D eigenvalue weighted by atomic mass is 10.2. The van der Waals surface area contributed by atoms with Crippen LogP contribution < -0.4 is 0 Å². The molecule has 58 valence electrons. The monoisotopic (exact) mass is 177 g/mol. The van der Waals surface area contributed by atoms with Gasteiger partial charge in [-0.05, 0) is 12.1 Å². The van der Waals surface area contributed by atoms with Crippen molar-refractivity contribution in [1.82, 2.24) is 9.97 Å². The molecule has 0 atom stereocenters. The summed E-state index contributed by atoms with van der Waals surface area (Å²) in [4.78, 5) is 6.89. The zero-order chi connectivity index (χ0) is 8.55. The fourth-order valence-electron chi connectivity index (χ4n) is 1.06. The van der Waals surface area contributed by atoms with Gasteiger partial charge in [0.05, 0.1) is 22.4 Å². The number of halogens is 1. The van der Waals surface area contributed by atoms with Crippen LogP contribution in [0.4, 0.5) is 0 Å². The van der Waals surface area contributed by atoms with Crippen LogP contribution >= 0.6 is 11.6 Å². The van der Waals surface area contributed by atoms with E-state index < -0.39 is 0 Å². The largest absolute Gasteiger partial charge is 0.345 e. The minimum absolute atomic E-state index is 0.413. The second-order valence-electron chi connectivity index (χ2n) is 2.34. The fourth-order valence-corrected chi connectivity index (χ4v) is 1.32. The number of imidazole rings is 1. The molecule has 0 unspecified atom stereocenters. The molecule has 3 nitrogen and oxygen atoms in total. The summed E-state index contributed by atoms with van der Waals surface area (Å²) in [6, 6.07) is 5.45. The van der Waals surface area contributed by atoms with E-state index >= 15 is 0 Å². The summed E-state index contributed by atoms with van der Waals surface area (Å²) in [6.45, 7) is 0. The van der Waals surface area contributed by atoms with Crippen LogP contribution in [0, 0.1) is 11.3 Å². The van der Waals surface area contributed by atoms with Gasteiger partial charge in [0.25, 0.3) is 0 Å². The predicted molar refractivity (Wildman–Crippen MR) is 45.8 cm³/mol. The molecular formula is C8H4ClN3. The molecule has 12 heavy (non-hydrogen) atoms. The first-order valence-corrected chi connectivity index (χ1v) is 3.72. The highest BCUT2D eigenvalue weighted by molar-refractivity contribution is 6.36. The van der Waals surface area contributed by atoms with Crippen LogP contribution in [0.1, 0.15) is 5.56 Å². The van der Waals surface area contributed by atoms with Gasteiger partial charge < -0.3 is 4.98 Å². The minimum atomic E-state index is 0.413. The molecular weight excluding hydrogens is 174 g/mol. The van der Waals surface area contributed by atoms with E-state index in [2.05, 4.69) is 9.97 Å². The molecule has 0 aliphatic rings. The number of rotatable bonds is 0. The average molecular weight is 178 g/mol. The topological polar surface area (TPSA) is 52.5 Å².